The van der Waals surface area contributed by atoms with E-state index in [1.165, 1.54) is 24.8 Å². The van der Waals surface area contributed by atoms with Crippen molar-refractivity contribution in [2.45, 2.75) is 57.6 Å². The zero-order chi connectivity index (χ0) is 14.4. The van der Waals surface area contributed by atoms with Crippen molar-refractivity contribution >= 4 is 5.91 Å². The molecule has 2 fully saturated rings. The number of hydrogen-bond acceptors (Lipinski definition) is 3. The SMILES string of the molecule is CC1(C)C2OCCC2C1(N)C(=O)NCCC1=CCCC1. The summed E-state index contributed by atoms with van der Waals surface area (Å²) >= 11 is 0. The highest BCUT2D eigenvalue weighted by molar-refractivity contribution is 5.89. The lowest BCUT2D eigenvalue weighted by atomic mass is 9.48. The number of carbonyl (C=O) groups excluding carboxylic acids is 1. The van der Waals surface area contributed by atoms with Gasteiger partial charge in [0.05, 0.1) is 6.10 Å². The zero-order valence-electron chi connectivity index (χ0n) is 12.6. The van der Waals surface area contributed by atoms with E-state index in [9.17, 15) is 4.79 Å². The molecule has 1 heterocycles. The first kappa shape index (κ1) is 14.1. The Morgan fingerprint density at radius 3 is 3.05 bits per heavy atom. The summed E-state index contributed by atoms with van der Waals surface area (Å²) in [6, 6.07) is 0. The van der Waals surface area contributed by atoms with Gasteiger partial charge in [0.15, 0.2) is 0 Å². The second kappa shape index (κ2) is 4.85. The number of ether oxygens (including phenoxy) is 1. The Balaban J connectivity index is 1.58. The van der Waals surface area contributed by atoms with E-state index in [1.807, 2.05) is 0 Å². The number of hydrogen-bond donors (Lipinski definition) is 2. The highest BCUT2D eigenvalue weighted by Crippen LogP contribution is 2.58. The lowest BCUT2D eigenvalue weighted by molar-refractivity contribution is -0.175. The highest BCUT2D eigenvalue weighted by Gasteiger charge is 2.71. The monoisotopic (exact) mass is 278 g/mol. The molecule has 1 saturated carbocycles. The van der Waals surface area contributed by atoms with Gasteiger partial charge in [-0.15, -0.1) is 0 Å². The van der Waals surface area contributed by atoms with Crippen molar-refractivity contribution in [3.63, 3.8) is 0 Å². The van der Waals surface area contributed by atoms with Gasteiger partial charge in [-0.25, -0.2) is 0 Å². The first-order valence-corrected chi connectivity index (χ1v) is 7.84. The van der Waals surface area contributed by atoms with Crippen molar-refractivity contribution in [1.82, 2.24) is 5.32 Å². The van der Waals surface area contributed by atoms with E-state index in [2.05, 4.69) is 25.2 Å². The summed E-state index contributed by atoms with van der Waals surface area (Å²) in [6.45, 7) is 5.55. The smallest absolute Gasteiger partial charge is 0.241 e. The fraction of sp³-hybridized carbons (Fsp3) is 0.812. The van der Waals surface area contributed by atoms with Crippen LogP contribution in [0.25, 0.3) is 0 Å². The lowest BCUT2D eigenvalue weighted by Gasteiger charge is -2.60. The van der Waals surface area contributed by atoms with Crippen molar-refractivity contribution < 1.29 is 9.53 Å². The molecule has 1 saturated heterocycles. The number of nitrogens with one attached hydrogen (secondary N) is 1. The molecule has 0 radical (unpaired) electrons. The van der Waals surface area contributed by atoms with Gasteiger partial charge in [0, 0.05) is 24.5 Å². The molecule has 0 spiro atoms. The second-order valence-corrected chi connectivity index (χ2v) is 7.04. The van der Waals surface area contributed by atoms with Crippen LogP contribution in [-0.4, -0.2) is 30.7 Å². The summed E-state index contributed by atoms with van der Waals surface area (Å²) in [5.41, 5.74) is 6.94. The quantitative estimate of drug-likeness (QED) is 0.770. The van der Waals surface area contributed by atoms with Crippen LogP contribution < -0.4 is 11.1 Å². The van der Waals surface area contributed by atoms with Crippen molar-refractivity contribution in [3.8, 4) is 0 Å². The van der Waals surface area contributed by atoms with Crippen LogP contribution in [0.4, 0.5) is 0 Å². The molecule has 4 nitrogen and oxygen atoms in total. The van der Waals surface area contributed by atoms with Crippen LogP contribution in [0.3, 0.4) is 0 Å². The van der Waals surface area contributed by atoms with Gasteiger partial charge in [0.2, 0.25) is 5.91 Å². The van der Waals surface area contributed by atoms with Crippen molar-refractivity contribution in [2.24, 2.45) is 17.1 Å². The summed E-state index contributed by atoms with van der Waals surface area (Å²) in [6.07, 6.45) is 7.97. The molecule has 3 N–H and O–H groups in total. The molecule has 2 aliphatic carbocycles. The topological polar surface area (TPSA) is 64.3 Å². The number of allylic oxidation sites excluding steroid dienone is 1. The minimum Gasteiger partial charge on any atom is -0.377 e. The van der Waals surface area contributed by atoms with Crippen molar-refractivity contribution in [1.29, 1.82) is 0 Å². The average Bonchev–Trinajstić information content (AvgIpc) is 3.07. The number of amides is 1. The summed E-state index contributed by atoms with van der Waals surface area (Å²) in [7, 11) is 0. The number of carbonyl (C=O) groups is 1. The van der Waals surface area contributed by atoms with Crippen molar-refractivity contribution in [2.75, 3.05) is 13.2 Å². The molecule has 0 aromatic heterocycles. The maximum atomic E-state index is 12.6. The third-order valence-corrected chi connectivity index (χ3v) is 5.70. The second-order valence-electron chi connectivity index (χ2n) is 7.04. The van der Waals surface area contributed by atoms with E-state index in [-0.39, 0.29) is 23.3 Å². The number of rotatable bonds is 4. The normalized spacial score (nSPS) is 38.0. The largest absolute Gasteiger partial charge is 0.377 e. The Morgan fingerprint density at radius 2 is 2.35 bits per heavy atom. The standard InChI is InChI=1S/C16H26N2O2/c1-15(2)13-12(8-10-20-13)16(15,17)14(19)18-9-7-11-5-3-4-6-11/h5,12-13H,3-4,6-10,17H2,1-2H3,(H,18,19). The predicted octanol–water partition coefficient (Wildman–Crippen LogP) is 1.75. The van der Waals surface area contributed by atoms with Crippen LogP contribution in [0.5, 0.6) is 0 Å². The van der Waals surface area contributed by atoms with Gasteiger partial charge >= 0.3 is 0 Å². The minimum atomic E-state index is -0.766. The minimum absolute atomic E-state index is 0.00727. The Hall–Kier alpha value is -0.870. The van der Waals surface area contributed by atoms with Gasteiger partial charge in [-0.2, -0.15) is 0 Å². The summed E-state index contributed by atoms with van der Waals surface area (Å²) < 4.78 is 5.73. The molecule has 1 aliphatic heterocycles. The van der Waals surface area contributed by atoms with Gasteiger partial charge in [-0.3, -0.25) is 4.79 Å². The molecule has 0 aromatic carbocycles. The molecule has 3 rings (SSSR count). The zero-order valence-corrected chi connectivity index (χ0v) is 12.6. The van der Waals surface area contributed by atoms with Crippen LogP contribution in [-0.2, 0) is 9.53 Å². The summed E-state index contributed by atoms with van der Waals surface area (Å²) in [5, 5.41) is 3.06. The van der Waals surface area contributed by atoms with Crippen LogP contribution in [0, 0.1) is 11.3 Å². The van der Waals surface area contributed by atoms with Gasteiger partial charge in [0.25, 0.3) is 0 Å². The first-order chi connectivity index (χ1) is 9.48. The molecule has 0 bridgehead atoms. The maximum absolute atomic E-state index is 12.6. The van der Waals surface area contributed by atoms with E-state index >= 15 is 0 Å². The molecule has 3 aliphatic rings. The average molecular weight is 278 g/mol. The van der Waals surface area contributed by atoms with Gasteiger partial charge in [-0.05, 0) is 32.1 Å². The van der Waals surface area contributed by atoms with Crippen molar-refractivity contribution in [3.05, 3.63) is 11.6 Å². The fourth-order valence-electron chi connectivity index (χ4n) is 4.29. The first-order valence-electron chi connectivity index (χ1n) is 7.84. The summed E-state index contributed by atoms with van der Waals surface area (Å²) in [4.78, 5) is 12.6. The Kier molecular flexibility index (Phi) is 3.41. The number of nitrogens with two attached hydrogens (primary N) is 1. The Labute approximate surface area is 121 Å². The molecular formula is C16H26N2O2. The van der Waals surface area contributed by atoms with E-state index < -0.39 is 5.54 Å². The highest BCUT2D eigenvalue weighted by atomic mass is 16.5. The van der Waals surface area contributed by atoms with E-state index in [0.717, 1.165) is 19.4 Å². The van der Waals surface area contributed by atoms with Gasteiger partial charge in [0.1, 0.15) is 5.54 Å². The predicted molar refractivity (Wildman–Crippen MR) is 78.1 cm³/mol. The Morgan fingerprint density at radius 1 is 1.55 bits per heavy atom. The van der Waals surface area contributed by atoms with Crippen LogP contribution >= 0.6 is 0 Å². The maximum Gasteiger partial charge on any atom is 0.241 e. The number of fused-ring (bicyclic) bond motifs is 1. The molecule has 3 atom stereocenters. The van der Waals surface area contributed by atoms with Crippen LogP contribution in [0.15, 0.2) is 11.6 Å². The molecular weight excluding hydrogens is 252 g/mol. The third-order valence-electron chi connectivity index (χ3n) is 5.70. The third kappa shape index (κ3) is 1.85. The molecule has 3 unspecified atom stereocenters. The molecule has 4 heteroatoms. The van der Waals surface area contributed by atoms with E-state index in [0.29, 0.717) is 6.54 Å². The summed E-state index contributed by atoms with van der Waals surface area (Å²) in [5.74, 6) is 0.191. The Bertz CT molecular complexity index is 444. The molecule has 0 aromatic rings. The van der Waals surface area contributed by atoms with Gasteiger partial charge in [-0.1, -0.05) is 25.5 Å². The molecule has 20 heavy (non-hydrogen) atoms. The van der Waals surface area contributed by atoms with E-state index in [4.69, 9.17) is 10.5 Å². The van der Waals surface area contributed by atoms with Gasteiger partial charge < -0.3 is 15.8 Å². The van der Waals surface area contributed by atoms with Crippen LogP contribution in [0.1, 0.15) is 46.0 Å². The van der Waals surface area contributed by atoms with E-state index in [1.54, 1.807) is 0 Å². The molecule has 1 amide bonds. The fourth-order valence-corrected chi connectivity index (χ4v) is 4.29. The molecule has 112 valence electrons. The lowest BCUT2D eigenvalue weighted by Crippen LogP contribution is -2.80. The van der Waals surface area contributed by atoms with Crippen LogP contribution in [0.2, 0.25) is 0 Å².